The molecule has 0 spiro atoms. The van der Waals surface area contributed by atoms with Gasteiger partial charge in [-0.2, -0.15) is 0 Å². The summed E-state index contributed by atoms with van der Waals surface area (Å²) in [5.41, 5.74) is 2.09. The van der Waals surface area contributed by atoms with Crippen LogP contribution in [0.5, 0.6) is 0 Å². The third-order valence-corrected chi connectivity index (χ3v) is 5.39. The van der Waals surface area contributed by atoms with Gasteiger partial charge in [0.1, 0.15) is 5.92 Å². The standard InChI is InChI=1S/C22H15Cl2NO3/c23-14-8-10-16(11-9-14)25-20(13-4-3-5-15(24)12-13)19(22(27)28)17-6-1-2-7-18(17)21(25)26/h1-12,19-20H,(H,27,28)/t19-,20-/m1/s1. The van der Waals surface area contributed by atoms with E-state index >= 15 is 0 Å². The summed E-state index contributed by atoms with van der Waals surface area (Å²) in [6, 6.07) is 19.8. The first-order valence-corrected chi connectivity index (χ1v) is 9.39. The Morgan fingerprint density at radius 2 is 1.61 bits per heavy atom. The van der Waals surface area contributed by atoms with E-state index in [1.54, 1.807) is 72.8 Å². The highest BCUT2D eigenvalue weighted by atomic mass is 35.5. The van der Waals surface area contributed by atoms with Crippen LogP contribution in [0.1, 0.15) is 33.4 Å². The van der Waals surface area contributed by atoms with Gasteiger partial charge in [0.05, 0.1) is 6.04 Å². The van der Waals surface area contributed by atoms with Crippen LogP contribution in [0.25, 0.3) is 0 Å². The minimum atomic E-state index is -1.01. The van der Waals surface area contributed by atoms with Crippen LogP contribution in [0, 0.1) is 0 Å². The lowest BCUT2D eigenvalue weighted by Gasteiger charge is -2.40. The molecule has 2 atom stereocenters. The quantitative estimate of drug-likeness (QED) is 0.613. The SMILES string of the molecule is O=C(O)[C@@H]1c2ccccc2C(=O)N(c2ccc(Cl)cc2)[C@@H]1c1cccc(Cl)c1. The van der Waals surface area contributed by atoms with E-state index in [4.69, 9.17) is 23.2 Å². The molecule has 0 unspecified atom stereocenters. The molecule has 0 saturated carbocycles. The fourth-order valence-corrected chi connectivity index (χ4v) is 4.04. The Balaban J connectivity index is 1.99. The second kappa shape index (κ2) is 7.30. The van der Waals surface area contributed by atoms with Crippen molar-refractivity contribution in [3.8, 4) is 0 Å². The Morgan fingerprint density at radius 3 is 2.29 bits per heavy atom. The lowest BCUT2D eigenvalue weighted by Crippen LogP contribution is -2.45. The first-order valence-electron chi connectivity index (χ1n) is 8.63. The molecule has 6 heteroatoms. The molecule has 3 aromatic rings. The molecule has 0 aliphatic carbocycles. The molecule has 3 aromatic carbocycles. The third kappa shape index (κ3) is 3.15. The van der Waals surface area contributed by atoms with Crippen molar-refractivity contribution in [2.75, 3.05) is 4.90 Å². The van der Waals surface area contributed by atoms with E-state index in [0.29, 0.717) is 32.4 Å². The lowest BCUT2D eigenvalue weighted by molar-refractivity contribution is -0.139. The molecular weight excluding hydrogens is 397 g/mol. The number of nitrogens with zero attached hydrogens (tertiary/aromatic N) is 1. The highest BCUT2D eigenvalue weighted by Crippen LogP contribution is 2.45. The van der Waals surface area contributed by atoms with Crippen molar-refractivity contribution in [1.82, 2.24) is 0 Å². The van der Waals surface area contributed by atoms with E-state index in [0.717, 1.165) is 0 Å². The number of hydrogen-bond acceptors (Lipinski definition) is 2. The molecule has 1 N–H and O–H groups in total. The van der Waals surface area contributed by atoms with Gasteiger partial charge in [-0.3, -0.25) is 14.5 Å². The van der Waals surface area contributed by atoms with Crippen molar-refractivity contribution < 1.29 is 14.7 Å². The zero-order chi connectivity index (χ0) is 19.8. The van der Waals surface area contributed by atoms with Gasteiger partial charge in [-0.25, -0.2) is 0 Å². The summed E-state index contributed by atoms with van der Waals surface area (Å²) < 4.78 is 0. The van der Waals surface area contributed by atoms with E-state index in [9.17, 15) is 14.7 Å². The highest BCUT2D eigenvalue weighted by Gasteiger charge is 2.45. The number of halogens is 2. The molecule has 1 amide bonds. The molecular formula is C22H15Cl2NO3. The Bertz CT molecular complexity index is 1070. The smallest absolute Gasteiger partial charge is 0.313 e. The van der Waals surface area contributed by atoms with Crippen LogP contribution in [-0.4, -0.2) is 17.0 Å². The summed E-state index contributed by atoms with van der Waals surface area (Å²) in [5.74, 6) is -2.22. The molecule has 0 fully saturated rings. The maximum absolute atomic E-state index is 13.4. The summed E-state index contributed by atoms with van der Waals surface area (Å²) in [4.78, 5) is 27.3. The molecule has 0 radical (unpaired) electrons. The van der Waals surface area contributed by atoms with Gasteiger partial charge in [-0.1, -0.05) is 53.5 Å². The monoisotopic (exact) mass is 411 g/mol. The second-order valence-electron chi connectivity index (χ2n) is 6.55. The molecule has 1 aliphatic rings. The molecule has 1 aliphatic heterocycles. The Hall–Kier alpha value is -2.82. The van der Waals surface area contributed by atoms with Gasteiger partial charge in [-0.15, -0.1) is 0 Å². The predicted molar refractivity (Wildman–Crippen MR) is 109 cm³/mol. The summed E-state index contributed by atoms with van der Waals surface area (Å²) in [7, 11) is 0. The van der Waals surface area contributed by atoms with Crippen molar-refractivity contribution in [2.24, 2.45) is 0 Å². The van der Waals surface area contributed by atoms with Crippen molar-refractivity contribution >= 4 is 40.8 Å². The van der Waals surface area contributed by atoms with Crippen molar-refractivity contribution in [3.63, 3.8) is 0 Å². The van der Waals surface area contributed by atoms with Crippen molar-refractivity contribution in [2.45, 2.75) is 12.0 Å². The number of benzene rings is 3. The molecule has 0 aromatic heterocycles. The van der Waals surface area contributed by atoms with Crippen LogP contribution in [0.4, 0.5) is 5.69 Å². The Kier molecular flexibility index (Phi) is 4.84. The number of carboxylic acids is 1. The van der Waals surface area contributed by atoms with Gasteiger partial charge < -0.3 is 5.11 Å². The maximum atomic E-state index is 13.4. The summed E-state index contributed by atoms with van der Waals surface area (Å²) in [6.45, 7) is 0. The molecule has 140 valence electrons. The van der Waals surface area contributed by atoms with Crippen LogP contribution in [0.3, 0.4) is 0 Å². The lowest BCUT2D eigenvalue weighted by atomic mass is 9.79. The van der Waals surface area contributed by atoms with Crippen LogP contribution in [0.2, 0.25) is 10.0 Å². The second-order valence-corrected chi connectivity index (χ2v) is 7.43. The fourth-order valence-electron chi connectivity index (χ4n) is 3.72. The first-order chi connectivity index (χ1) is 13.5. The van der Waals surface area contributed by atoms with Gasteiger partial charge in [-0.05, 0) is 53.6 Å². The number of aliphatic carboxylic acids is 1. The highest BCUT2D eigenvalue weighted by molar-refractivity contribution is 6.31. The average Bonchev–Trinajstić information content (AvgIpc) is 2.68. The number of carboxylic acid groups (broad SMARTS) is 1. The molecule has 28 heavy (non-hydrogen) atoms. The van der Waals surface area contributed by atoms with Crippen LogP contribution >= 0.6 is 23.2 Å². The predicted octanol–water partition coefficient (Wildman–Crippen LogP) is 5.56. The largest absolute Gasteiger partial charge is 0.481 e. The molecule has 0 bridgehead atoms. The minimum Gasteiger partial charge on any atom is -0.481 e. The molecule has 0 saturated heterocycles. The number of carbonyl (C=O) groups excluding carboxylic acids is 1. The number of carbonyl (C=O) groups is 2. The van der Waals surface area contributed by atoms with Crippen LogP contribution in [0.15, 0.2) is 72.8 Å². The summed E-state index contributed by atoms with van der Waals surface area (Å²) in [6.07, 6.45) is 0. The van der Waals surface area contributed by atoms with Gasteiger partial charge >= 0.3 is 5.97 Å². The van der Waals surface area contributed by atoms with E-state index in [-0.39, 0.29) is 5.91 Å². The van der Waals surface area contributed by atoms with E-state index in [1.807, 2.05) is 0 Å². The summed E-state index contributed by atoms with van der Waals surface area (Å²) >= 11 is 12.2. The van der Waals surface area contributed by atoms with E-state index in [1.165, 1.54) is 4.90 Å². The number of anilines is 1. The average molecular weight is 412 g/mol. The minimum absolute atomic E-state index is 0.264. The molecule has 1 heterocycles. The summed E-state index contributed by atoms with van der Waals surface area (Å²) in [5, 5.41) is 11.1. The molecule has 4 nitrogen and oxygen atoms in total. The van der Waals surface area contributed by atoms with Crippen LogP contribution in [-0.2, 0) is 4.79 Å². The van der Waals surface area contributed by atoms with Gasteiger partial charge in [0.15, 0.2) is 0 Å². The van der Waals surface area contributed by atoms with Crippen molar-refractivity contribution in [1.29, 1.82) is 0 Å². The fraction of sp³-hybridized carbons (Fsp3) is 0.0909. The number of fused-ring (bicyclic) bond motifs is 1. The zero-order valence-corrected chi connectivity index (χ0v) is 16.1. The zero-order valence-electron chi connectivity index (χ0n) is 14.5. The van der Waals surface area contributed by atoms with Gasteiger partial charge in [0.2, 0.25) is 0 Å². The topological polar surface area (TPSA) is 57.6 Å². The third-order valence-electron chi connectivity index (χ3n) is 4.90. The van der Waals surface area contributed by atoms with Gasteiger partial charge in [0.25, 0.3) is 5.91 Å². The van der Waals surface area contributed by atoms with Crippen LogP contribution < -0.4 is 4.90 Å². The van der Waals surface area contributed by atoms with E-state index < -0.39 is 17.9 Å². The maximum Gasteiger partial charge on any atom is 0.313 e. The Labute approximate surface area is 171 Å². The van der Waals surface area contributed by atoms with Gasteiger partial charge in [0, 0.05) is 21.3 Å². The number of rotatable bonds is 3. The van der Waals surface area contributed by atoms with E-state index in [2.05, 4.69) is 0 Å². The first kappa shape index (κ1) is 18.5. The van der Waals surface area contributed by atoms with Crippen molar-refractivity contribution in [3.05, 3.63) is 99.5 Å². The number of amides is 1. The Morgan fingerprint density at radius 1 is 0.893 bits per heavy atom. The molecule has 4 rings (SSSR count). The normalized spacial score (nSPS) is 18.6. The number of hydrogen-bond donors (Lipinski definition) is 1.